The summed E-state index contributed by atoms with van der Waals surface area (Å²) in [4.78, 5) is 23.8. The normalized spacial score (nSPS) is 11.0. The van der Waals surface area contributed by atoms with Gasteiger partial charge in [-0.2, -0.15) is 8.42 Å². The van der Waals surface area contributed by atoms with Gasteiger partial charge < -0.3 is 9.30 Å². The zero-order valence-electron chi connectivity index (χ0n) is 15.3. The third-order valence-corrected chi connectivity index (χ3v) is 4.99. The van der Waals surface area contributed by atoms with Crippen LogP contribution in [0.1, 0.15) is 27.7 Å². The Bertz CT molecular complexity index is 1110. The van der Waals surface area contributed by atoms with Crippen molar-refractivity contribution in [2.45, 2.75) is 12.6 Å². The predicted molar refractivity (Wildman–Crippen MR) is 115 cm³/mol. The minimum atomic E-state index is -4.23. The molecule has 0 aliphatic heterocycles. The summed E-state index contributed by atoms with van der Waals surface area (Å²) in [6.07, 6.45) is 1.15. The summed E-state index contributed by atoms with van der Waals surface area (Å²) in [5.74, 6) is -0.639. The van der Waals surface area contributed by atoms with E-state index in [-0.39, 0.29) is 47.5 Å². The number of carbonyl (C=O) groups is 1. The monoisotopic (exact) mass is 437 g/mol. The van der Waals surface area contributed by atoms with Crippen LogP contribution in [0, 0.1) is 0 Å². The fourth-order valence-corrected chi connectivity index (χ4v) is 3.30. The van der Waals surface area contributed by atoms with E-state index in [0.717, 1.165) is 17.2 Å². The van der Waals surface area contributed by atoms with Gasteiger partial charge in [0.15, 0.2) is 12.0 Å². The molecule has 0 fully saturated rings. The molecule has 7 nitrogen and oxygen atoms in total. The molecular formula is C21H20NNaO6S. The molecule has 0 amide bonds. The number of aromatic nitrogens is 1. The second-order valence-electron chi connectivity index (χ2n) is 6.34. The van der Waals surface area contributed by atoms with Crippen molar-refractivity contribution in [3.63, 3.8) is 0 Å². The van der Waals surface area contributed by atoms with E-state index in [0.29, 0.717) is 6.29 Å². The molecule has 2 aromatic carbocycles. The van der Waals surface area contributed by atoms with Crippen LogP contribution >= 0.6 is 0 Å². The SMILES string of the molecule is O=Cc1cc(=O)c(OC(c2ccccc2)c2ccccc2)cn1CCS(=O)(=O)O.[NaH]. The molecule has 0 aliphatic carbocycles. The van der Waals surface area contributed by atoms with Crippen molar-refractivity contribution < 1.29 is 22.5 Å². The van der Waals surface area contributed by atoms with Gasteiger partial charge in [0, 0.05) is 12.6 Å². The molecule has 3 rings (SSSR count). The van der Waals surface area contributed by atoms with Gasteiger partial charge in [0.05, 0.1) is 17.6 Å². The molecule has 30 heavy (non-hydrogen) atoms. The molecule has 0 atom stereocenters. The summed E-state index contributed by atoms with van der Waals surface area (Å²) in [5.41, 5.74) is 1.12. The predicted octanol–water partition coefficient (Wildman–Crippen LogP) is 2.07. The minimum absolute atomic E-state index is 0. The van der Waals surface area contributed by atoms with Gasteiger partial charge >= 0.3 is 29.6 Å². The quantitative estimate of drug-likeness (QED) is 0.329. The number of aryl methyl sites for hydroxylation is 1. The maximum atomic E-state index is 12.5. The Balaban J connectivity index is 0.00000320. The summed E-state index contributed by atoms with van der Waals surface area (Å²) >= 11 is 0. The number of hydrogen-bond acceptors (Lipinski definition) is 5. The summed E-state index contributed by atoms with van der Waals surface area (Å²) in [5, 5.41) is 0. The van der Waals surface area contributed by atoms with Gasteiger partial charge in [0.25, 0.3) is 10.1 Å². The number of aldehydes is 1. The molecule has 0 saturated carbocycles. The van der Waals surface area contributed by atoms with E-state index in [9.17, 15) is 18.0 Å². The molecule has 1 heterocycles. The van der Waals surface area contributed by atoms with Gasteiger partial charge in [0.1, 0.15) is 6.10 Å². The molecule has 3 aromatic rings. The average Bonchev–Trinajstić information content (AvgIpc) is 2.72. The Hall–Kier alpha value is -2.23. The number of nitrogens with zero attached hydrogens (tertiary/aromatic N) is 1. The molecule has 0 aliphatic rings. The molecule has 0 spiro atoms. The molecule has 9 heteroatoms. The summed E-state index contributed by atoms with van der Waals surface area (Å²) in [6.45, 7) is -0.203. The molecule has 152 valence electrons. The topological polar surface area (TPSA) is 103 Å². The Labute approximate surface area is 196 Å². The number of carbonyl (C=O) groups excluding carboxylic acids is 1. The fraction of sp³-hybridized carbons (Fsp3) is 0.143. The second-order valence-corrected chi connectivity index (χ2v) is 7.92. The number of benzene rings is 2. The Kier molecular flexibility index (Phi) is 8.57. The van der Waals surface area contributed by atoms with Crippen LogP contribution in [-0.2, 0) is 16.7 Å². The first-order chi connectivity index (χ1) is 13.9. The first kappa shape index (κ1) is 24.0. The third-order valence-electron chi connectivity index (χ3n) is 4.29. The first-order valence-corrected chi connectivity index (χ1v) is 10.4. The van der Waals surface area contributed by atoms with Crippen molar-refractivity contribution in [3.8, 4) is 5.75 Å². The Morgan fingerprint density at radius 2 is 1.53 bits per heavy atom. The third kappa shape index (κ3) is 6.38. The van der Waals surface area contributed by atoms with Crippen LogP contribution in [0.5, 0.6) is 5.75 Å². The Morgan fingerprint density at radius 1 is 1.00 bits per heavy atom. The molecule has 0 bridgehead atoms. The summed E-state index contributed by atoms with van der Waals surface area (Å²) < 4.78 is 38.4. The number of pyridine rings is 1. The van der Waals surface area contributed by atoms with Crippen molar-refractivity contribution in [2.24, 2.45) is 0 Å². The van der Waals surface area contributed by atoms with Gasteiger partial charge in [-0.25, -0.2) is 0 Å². The van der Waals surface area contributed by atoms with Crippen molar-refractivity contribution in [1.82, 2.24) is 4.57 Å². The van der Waals surface area contributed by atoms with Crippen LogP contribution in [0.25, 0.3) is 0 Å². The van der Waals surface area contributed by atoms with Crippen LogP contribution in [0.3, 0.4) is 0 Å². The Morgan fingerprint density at radius 3 is 2.00 bits per heavy atom. The van der Waals surface area contributed by atoms with Crippen LogP contribution in [0.4, 0.5) is 0 Å². The van der Waals surface area contributed by atoms with Crippen molar-refractivity contribution in [3.05, 3.63) is 100.0 Å². The number of ether oxygens (including phenoxy) is 1. The number of hydrogen-bond donors (Lipinski definition) is 1. The van der Waals surface area contributed by atoms with Crippen LogP contribution in [-0.4, -0.2) is 59.1 Å². The van der Waals surface area contributed by atoms with E-state index in [1.165, 1.54) is 10.8 Å². The van der Waals surface area contributed by atoms with Crippen LogP contribution in [0.15, 0.2) is 77.7 Å². The first-order valence-electron chi connectivity index (χ1n) is 8.79. The van der Waals surface area contributed by atoms with Gasteiger partial charge in [0.2, 0.25) is 5.43 Å². The van der Waals surface area contributed by atoms with E-state index in [1.54, 1.807) is 0 Å². The van der Waals surface area contributed by atoms with Gasteiger partial charge in [-0.05, 0) is 11.1 Å². The van der Waals surface area contributed by atoms with Crippen molar-refractivity contribution in [1.29, 1.82) is 0 Å². The van der Waals surface area contributed by atoms with Crippen LogP contribution < -0.4 is 10.2 Å². The van der Waals surface area contributed by atoms with E-state index in [2.05, 4.69) is 0 Å². The van der Waals surface area contributed by atoms with Crippen LogP contribution in [0.2, 0.25) is 0 Å². The van der Waals surface area contributed by atoms with E-state index >= 15 is 0 Å². The number of rotatable bonds is 8. The second kappa shape index (κ2) is 10.7. The zero-order chi connectivity index (χ0) is 20.9. The van der Waals surface area contributed by atoms with Crippen molar-refractivity contribution >= 4 is 46.0 Å². The molecule has 1 N–H and O–H groups in total. The zero-order valence-corrected chi connectivity index (χ0v) is 16.2. The molecule has 0 unspecified atom stereocenters. The van der Waals surface area contributed by atoms with Gasteiger partial charge in [-0.3, -0.25) is 14.1 Å². The van der Waals surface area contributed by atoms with Gasteiger partial charge in [-0.15, -0.1) is 0 Å². The fourth-order valence-electron chi connectivity index (χ4n) is 2.88. The summed E-state index contributed by atoms with van der Waals surface area (Å²) in [6, 6.07) is 19.7. The molecule has 0 radical (unpaired) electrons. The molecular weight excluding hydrogens is 417 g/mol. The molecule has 0 saturated heterocycles. The van der Waals surface area contributed by atoms with E-state index in [1.807, 2.05) is 60.7 Å². The van der Waals surface area contributed by atoms with E-state index in [4.69, 9.17) is 9.29 Å². The average molecular weight is 437 g/mol. The maximum absolute atomic E-state index is 12.5. The summed E-state index contributed by atoms with van der Waals surface area (Å²) in [7, 11) is -4.23. The standard InChI is InChI=1S/C21H19NO6S.Na.H/c23-15-18-13-19(24)20(14-22(18)11-12-29(25,26)27)28-21(16-7-3-1-4-8-16)17-9-5-2-6-10-17;;/h1-10,13-15,21H,11-12H2,(H,25,26,27);;. The molecule has 1 aromatic heterocycles. The van der Waals surface area contributed by atoms with Gasteiger partial charge in [-0.1, -0.05) is 60.7 Å². The van der Waals surface area contributed by atoms with E-state index < -0.39 is 27.4 Å². The van der Waals surface area contributed by atoms with Crippen molar-refractivity contribution in [2.75, 3.05) is 5.75 Å².